The molecule has 0 amide bonds. The molecule has 0 unspecified atom stereocenters. The lowest BCUT2D eigenvalue weighted by atomic mass is 10.1. The van der Waals surface area contributed by atoms with Crippen LogP contribution in [-0.4, -0.2) is 24.8 Å². The zero-order chi connectivity index (χ0) is 20.5. The molecule has 0 aliphatic rings. The normalized spacial score (nSPS) is 12.5. The highest BCUT2D eigenvalue weighted by atomic mass is 32.2. The number of nitrogens with zero attached hydrogens (tertiary/aromatic N) is 2. The third-order valence-corrected chi connectivity index (χ3v) is 6.68. The van der Waals surface area contributed by atoms with Crippen molar-refractivity contribution in [3.8, 4) is 10.6 Å². The first kappa shape index (κ1) is 20.4. The van der Waals surface area contributed by atoms with Crippen LogP contribution < -0.4 is 0 Å². The van der Waals surface area contributed by atoms with Gasteiger partial charge in [-0.05, 0) is 36.4 Å². The molecule has 3 aromatic rings. The Labute approximate surface area is 163 Å². The summed E-state index contributed by atoms with van der Waals surface area (Å²) < 4.78 is 77.1. The summed E-state index contributed by atoms with van der Waals surface area (Å²) in [6.45, 7) is -0.0309. The lowest BCUT2D eigenvalue weighted by Gasteiger charge is -2.16. The van der Waals surface area contributed by atoms with E-state index < -0.39 is 27.6 Å². The Morgan fingerprint density at radius 2 is 1.64 bits per heavy atom. The maximum Gasteiger partial charge on any atom is 0.416 e. The summed E-state index contributed by atoms with van der Waals surface area (Å²) in [6, 6.07) is 9.07. The zero-order valence-electron chi connectivity index (χ0n) is 14.4. The van der Waals surface area contributed by atoms with E-state index in [1.807, 2.05) is 0 Å². The van der Waals surface area contributed by atoms with Crippen molar-refractivity contribution in [3.05, 3.63) is 71.0 Å². The van der Waals surface area contributed by atoms with Crippen molar-refractivity contribution in [3.63, 3.8) is 0 Å². The van der Waals surface area contributed by atoms with Crippen LogP contribution in [0, 0.1) is 5.82 Å². The van der Waals surface area contributed by atoms with Crippen LogP contribution in [0.25, 0.3) is 10.6 Å². The van der Waals surface area contributed by atoms with Gasteiger partial charge in [0.25, 0.3) is 0 Å². The molecular weight excluding hydrogens is 416 g/mol. The molecule has 0 N–H and O–H groups in total. The molecule has 1 heterocycles. The fourth-order valence-electron chi connectivity index (χ4n) is 2.41. The lowest BCUT2D eigenvalue weighted by Crippen LogP contribution is -2.26. The smallest absolute Gasteiger partial charge is 0.240 e. The largest absolute Gasteiger partial charge is 0.416 e. The van der Waals surface area contributed by atoms with E-state index in [4.69, 9.17) is 0 Å². The molecule has 10 heteroatoms. The Morgan fingerprint density at radius 1 is 1.04 bits per heavy atom. The standard InChI is InChI=1S/C18H14F4N2O2S2/c1-24(28(25,26)16-8-6-14(19)7-9-16)10-15-11-27-17(23-15)12-2-4-13(5-3-12)18(20,21)22/h2-9,11H,10H2,1H3. The van der Waals surface area contributed by atoms with Crippen molar-refractivity contribution >= 4 is 21.4 Å². The van der Waals surface area contributed by atoms with Gasteiger partial charge in [0.2, 0.25) is 10.0 Å². The molecule has 0 aliphatic carbocycles. The summed E-state index contributed by atoms with van der Waals surface area (Å²) in [5.74, 6) is -0.540. The molecule has 0 saturated carbocycles. The van der Waals surface area contributed by atoms with E-state index in [0.717, 1.165) is 28.6 Å². The first-order chi connectivity index (χ1) is 13.1. The van der Waals surface area contributed by atoms with Gasteiger partial charge in [-0.3, -0.25) is 0 Å². The lowest BCUT2D eigenvalue weighted by molar-refractivity contribution is -0.137. The number of thiazole rings is 1. The maximum absolute atomic E-state index is 13.0. The predicted octanol–water partition coefficient (Wildman–Crippen LogP) is 4.79. The quantitative estimate of drug-likeness (QED) is 0.547. The topological polar surface area (TPSA) is 50.3 Å². The van der Waals surface area contributed by atoms with Crippen LogP contribution in [0.1, 0.15) is 11.3 Å². The van der Waals surface area contributed by atoms with Gasteiger partial charge in [0.05, 0.1) is 22.7 Å². The van der Waals surface area contributed by atoms with Crippen molar-refractivity contribution in [2.24, 2.45) is 0 Å². The van der Waals surface area contributed by atoms with E-state index in [-0.39, 0.29) is 11.4 Å². The minimum absolute atomic E-state index is 0.0309. The number of hydrogen-bond donors (Lipinski definition) is 0. The zero-order valence-corrected chi connectivity index (χ0v) is 16.1. The molecule has 0 saturated heterocycles. The van der Waals surface area contributed by atoms with Crippen LogP contribution in [0.2, 0.25) is 0 Å². The second kappa shape index (κ2) is 7.61. The highest BCUT2D eigenvalue weighted by Crippen LogP contribution is 2.32. The summed E-state index contributed by atoms with van der Waals surface area (Å²) in [5, 5.41) is 2.13. The predicted molar refractivity (Wildman–Crippen MR) is 97.6 cm³/mol. The Balaban J connectivity index is 1.76. The van der Waals surface area contributed by atoms with Crippen molar-refractivity contribution < 1.29 is 26.0 Å². The highest BCUT2D eigenvalue weighted by Gasteiger charge is 2.30. The Hall–Kier alpha value is -2.30. The summed E-state index contributed by atoms with van der Waals surface area (Å²) in [6.07, 6.45) is -4.41. The molecule has 0 fully saturated rings. The van der Waals surface area contributed by atoms with Crippen LogP contribution >= 0.6 is 11.3 Å². The maximum atomic E-state index is 13.0. The number of halogens is 4. The van der Waals surface area contributed by atoms with Crippen molar-refractivity contribution in [2.75, 3.05) is 7.05 Å². The van der Waals surface area contributed by atoms with E-state index in [1.54, 1.807) is 5.38 Å². The number of hydrogen-bond acceptors (Lipinski definition) is 4. The van der Waals surface area contributed by atoms with Crippen LogP contribution in [-0.2, 0) is 22.7 Å². The number of sulfonamides is 1. The minimum atomic E-state index is -4.41. The first-order valence-corrected chi connectivity index (χ1v) is 10.2. The summed E-state index contributed by atoms with van der Waals surface area (Å²) >= 11 is 1.20. The van der Waals surface area contributed by atoms with E-state index in [2.05, 4.69) is 4.98 Å². The SMILES string of the molecule is CN(Cc1csc(-c2ccc(C(F)(F)F)cc2)n1)S(=O)(=O)c1ccc(F)cc1. The van der Waals surface area contributed by atoms with Crippen molar-refractivity contribution in [1.29, 1.82) is 0 Å². The highest BCUT2D eigenvalue weighted by molar-refractivity contribution is 7.89. The van der Waals surface area contributed by atoms with E-state index in [0.29, 0.717) is 16.3 Å². The molecule has 3 rings (SSSR count). The van der Waals surface area contributed by atoms with Crippen molar-refractivity contribution in [2.45, 2.75) is 17.6 Å². The Kier molecular flexibility index (Phi) is 5.55. The average molecular weight is 430 g/mol. The molecule has 148 valence electrons. The third-order valence-electron chi connectivity index (χ3n) is 3.92. The van der Waals surface area contributed by atoms with Gasteiger partial charge in [-0.2, -0.15) is 17.5 Å². The van der Waals surface area contributed by atoms with Gasteiger partial charge in [-0.1, -0.05) is 12.1 Å². The number of benzene rings is 2. The van der Waals surface area contributed by atoms with Crippen LogP contribution in [0.5, 0.6) is 0 Å². The minimum Gasteiger partial charge on any atom is -0.240 e. The molecular formula is C18H14F4N2O2S2. The molecule has 0 radical (unpaired) electrons. The monoisotopic (exact) mass is 430 g/mol. The summed E-state index contributed by atoms with van der Waals surface area (Å²) in [7, 11) is -2.45. The van der Waals surface area contributed by atoms with Crippen molar-refractivity contribution in [1.82, 2.24) is 9.29 Å². The number of aromatic nitrogens is 1. The van der Waals surface area contributed by atoms with Gasteiger partial charge in [0.15, 0.2) is 0 Å². The van der Waals surface area contributed by atoms with Gasteiger partial charge < -0.3 is 0 Å². The van der Waals surface area contributed by atoms with Gasteiger partial charge in [0, 0.05) is 18.0 Å². The van der Waals surface area contributed by atoms with Crippen LogP contribution in [0.4, 0.5) is 17.6 Å². The molecule has 0 aliphatic heterocycles. The second-order valence-corrected chi connectivity index (χ2v) is 8.84. The van der Waals surface area contributed by atoms with Gasteiger partial charge >= 0.3 is 6.18 Å². The summed E-state index contributed by atoms with van der Waals surface area (Å²) in [4.78, 5) is 4.26. The van der Waals surface area contributed by atoms with Gasteiger partial charge in [-0.15, -0.1) is 11.3 Å². The molecule has 4 nitrogen and oxygen atoms in total. The number of rotatable bonds is 5. The van der Waals surface area contributed by atoms with Gasteiger partial charge in [-0.25, -0.2) is 17.8 Å². The van der Waals surface area contributed by atoms with Crippen LogP contribution in [0.3, 0.4) is 0 Å². The Morgan fingerprint density at radius 3 is 2.21 bits per heavy atom. The molecule has 1 aromatic heterocycles. The molecule has 0 atom stereocenters. The molecule has 0 bridgehead atoms. The Bertz CT molecular complexity index is 1060. The van der Waals surface area contributed by atoms with Crippen LogP contribution in [0.15, 0.2) is 58.8 Å². The fourth-order valence-corrected chi connectivity index (χ4v) is 4.37. The van der Waals surface area contributed by atoms with E-state index in [1.165, 1.54) is 42.6 Å². The van der Waals surface area contributed by atoms with E-state index in [9.17, 15) is 26.0 Å². The number of alkyl halides is 3. The molecule has 2 aromatic carbocycles. The van der Waals surface area contributed by atoms with Gasteiger partial charge in [0.1, 0.15) is 10.8 Å². The summed E-state index contributed by atoms with van der Waals surface area (Å²) in [5.41, 5.74) is 0.208. The van der Waals surface area contributed by atoms with E-state index >= 15 is 0 Å². The molecule has 28 heavy (non-hydrogen) atoms. The second-order valence-electron chi connectivity index (χ2n) is 5.93. The average Bonchev–Trinajstić information content (AvgIpc) is 3.10. The molecule has 0 spiro atoms. The first-order valence-electron chi connectivity index (χ1n) is 7.91. The fraction of sp³-hybridized carbons (Fsp3) is 0.167. The third kappa shape index (κ3) is 4.40.